The van der Waals surface area contributed by atoms with Crippen LogP contribution in [0.15, 0.2) is 48.7 Å². The molecule has 26 heavy (non-hydrogen) atoms. The molecule has 1 aliphatic heterocycles. The van der Waals surface area contributed by atoms with Gasteiger partial charge in [-0.15, -0.1) is 10.2 Å². The summed E-state index contributed by atoms with van der Waals surface area (Å²) in [5, 5.41) is 10.9. The minimum absolute atomic E-state index is 0.0563. The molecule has 1 saturated heterocycles. The summed E-state index contributed by atoms with van der Waals surface area (Å²) in [5.74, 6) is -0.921. The molecular weight excluding hydrogens is 337 g/mol. The first kappa shape index (κ1) is 16.2. The van der Waals surface area contributed by atoms with Crippen molar-refractivity contribution in [2.24, 2.45) is 5.92 Å². The lowest BCUT2D eigenvalue weighted by Gasteiger charge is -2.17. The summed E-state index contributed by atoms with van der Waals surface area (Å²) in [5.41, 5.74) is 0.898. The van der Waals surface area contributed by atoms with Crippen molar-refractivity contribution < 1.29 is 14.0 Å². The van der Waals surface area contributed by atoms with Crippen LogP contribution < -0.4 is 10.2 Å². The summed E-state index contributed by atoms with van der Waals surface area (Å²) in [6.07, 6.45) is 1.87. The number of para-hydroxylation sites is 1. The highest BCUT2D eigenvalue weighted by molar-refractivity contribution is 6.00. The first-order valence-electron chi connectivity index (χ1n) is 8.25. The second-order valence-corrected chi connectivity index (χ2v) is 6.12. The van der Waals surface area contributed by atoms with Gasteiger partial charge in [0.2, 0.25) is 11.8 Å². The van der Waals surface area contributed by atoms with Gasteiger partial charge in [-0.05, 0) is 24.3 Å². The Morgan fingerprint density at radius 2 is 2.00 bits per heavy atom. The monoisotopic (exact) mass is 353 g/mol. The molecule has 7 nitrogen and oxygen atoms in total. The quantitative estimate of drug-likeness (QED) is 0.772. The molecule has 3 heterocycles. The molecule has 2 amide bonds. The van der Waals surface area contributed by atoms with Crippen LogP contribution in [0, 0.1) is 11.7 Å². The standard InChI is InChI=1S/C18H16FN5O2/c19-13-5-1-2-6-14(13)24-11-12(9-17(24)25)18(26)20-10-16-22-21-15-7-3-4-8-23(15)16/h1-8,12H,9-11H2,(H,20,26)/t12-/m0/s1. The van der Waals surface area contributed by atoms with Crippen molar-refractivity contribution in [3.63, 3.8) is 0 Å². The zero-order chi connectivity index (χ0) is 18.1. The van der Waals surface area contributed by atoms with E-state index in [9.17, 15) is 14.0 Å². The number of carbonyl (C=O) groups is 2. The lowest BCUT2D eigenvalue weighted by molar-refractivity contribution is -0.126. The summed E-state index contributed by atoms with van der Waals surface area (Å²) in [6.45, 7) is 0.362. The second-order valence-electron chi connectivity index (χ2n) is 6.12. The van der Waals surface area contributed by atoms with E-state index >= 15 is 0 Å². The van der Waals surface area contributed by atoms with E-state index in [0.717, 1.165) is 0 Å². The number of halogens is 1. The maximum absolute atomic E-state index is 13.9. The Hall–Kier alpha value is -3.29. The van der Waals surface area contributed by atoms with E-state index in [1.165, 1.54) is 17.0 Å². The number of nitrogens with zero attached hydrogens (tertiary/aromatic N) is 4. The Balaban J connectivity index is 1.43. The van der Waals surface area contributed by atoms with Crippen LogP contribution in [0.2, 0.25) is 0 Å². The van der Waals surface area contributed by atoms with Crippen molar-refractivity contribution in [1.29, 1.82) is 0 Å². The lowest BCUT2D eigenvalue weighted by atomic mass is 10.1. The summed E-state index contributed by atoms with van der Waals surface area (Å²) in [6, 6.07) is 11.6. The number of pyridine rings is 1. The van der Waals surface area contributed by atoms with Gasteiger partial charge in [-0.25, -0.2) is 4.39 Å². The van der Waals surface area contributed by atoms with Gasteiger partial charge in [-0.2, -0.15) is 0 Å². The number of nitrogens with one attached hydrogen (secondary N) is 1. The van der Waals surface area contributed by atoms with Crippen molar-refractivity contribution in [1.82, 2.24) is 19.9 Å². The molecule has 0 saturated carbocycles. The molecule has 1 aliphatic rings. The van der Waals surface area contributed by atoms with Crippen molar-refractivity contribution in [2.75, 3.05) is 11.4 Å². The van der Waals surface area contributed by atoms with Crippen LogP contribution in [0.1, 0.15) is 12.2 Å². The largest absolute Gasteiger partial charge is 0.348 e. The SMILES string of the molecule is O=C(NCc1nnc2ccccn12)[C@H]1CC(=O)N(c2ccccc2F)C1. The number of hydrogen-bond acceptors (Lipinski definition) is 4. The Bertz CT molecular complexity index is 986. The molecule has 0 spiro atoms. The molecule has 1 fully saturated rings. The van der Waals surface area contributed by atoms with E-state index in [1.807, 2.05) is 24.4 Å². The fourth-order valence-electron chi connectivity index (χ4n) is 3.11. The molecule has 0 radical (unpaired) electrons. The maximum Gasteiger partial charge on any atom is 0.227 e. The molecule has 1 N–H and O–H groups in total. The number of hydrogen-bond donors (Lipinski definition) is 1. The molecular formula is C18H16FN5O2. The number of amides is 2. The van der Waals surface area contributed by atoms with Gasteiger partial charge < -0.3 is 10.2 Å². The van der Waals surface area contributed by atoms with Gasteiger partial charge >= 0.3 is 0 Å². The van der Waals surface area contributed by atoms with Crippen molar-refractivity contribution >= 4 is 23.1 Å². The molecule has 4 rings (SSSR count). The first-order chi connectivity index (χ1) is 12.6. The molecule has 2 aromatic heterocycles. The average molecular weight is 353 g/mol. The Morgan fingerprint density at radius 1 is 1.19 bits per heavy atom. The molecule has 132 valence electrons. The maximum atomic E-state index is 13.9. The molecule has 0 bridgehead atoms. The third-order valence-electron chi connectivity index (χ3n) is 4.44. The van der Waals surface area contributed by atoms with Gasteiger partial charge in [0, 0.05) is 19.2 Å². The zero-order valence-corrected chi connectivity index (χ0v) is 13.8. The van der Waals surface area contributed by atoms with E-state index in [2.05, 4.69) is 15.5 Å². The van der Waals surface area contributed by atoms with Gasteiger partial charge in [0.25, 0.3) is 0 Å². The number of carbonyl (C=O) groups excluding carboxylic acids is 2. The molecule has 0 aliphatic carbocycles. The fraction of sp³-hybridized carbons (Fsp3) is 0.222. The van der Waals surface area contributed by atoms with Crippen LogP contribution in [0.3, 0.4) is 0 Å². The first-order valence-corrected chi connectivity index (χ1v) is 8.25. The Morgan fingerprint density at radius 3 is 2.85 bits per heavy atom. The smallest absolute Gasteiger partial charge is 0.227 e. The minimum Gasteiger partial charge on any atom is -0.348 e. The van der Waals surface area contributed by atoms with Crippen LogP contribution in [0.4, 0.5) is 10.1 Å². The highest BCUT2D eigenvalue weighted by Crippen LogP contribution is 2.27. The van der Waals surface area contributed by atoms with E-state index in [0.29, 0.717) is 11.5 Å². The third kappa shape index (κ3) is 2.90. The van der Waals surface area contributed by atoms with Gasteiger partial charge in [-0.1, -0.05) is 18.2 Å². The van der Waals surface area contributed by atoms with Gasteiger partial charge in [0.05, 0.1) is 18.2 Å². The van der Waals surface area contributed by atoms with E-state index < -0.39 is 11.7 Å². The topological polar surface area (TPSA) is 79.6 Å². The average Bonchev–Trinajstić information content (AvgIpc) is 3.24. The van der Waals surface area contributed by atoms with Gasteiger partial charge in [0.15, 0.2) is 11.5 Å². The van der Waals surface area contributed by atoms with Gasteiger partial charge in [0.1, 0.15) is 5.82 Å². The molecule has 1 atom stereocenters. The number of rotatable bonds is 4. The lowest BCUT2D eigenvalue weighted by Crippen LogP contribution is -2.33. The van der Waals surface area contributed by atoms with Crippen LogP contribution in [-0.2, 0) is 16.1 Å². The normalized spacial score (nSPS) is 17.0. The summed E-state index contributed by atoms with van der Waals surface area (Å²) in [7, 11) is 0. The van der Waals surface area contributed by atoms with E-state index in [4.69, 9.17) is 0 Å². The van der Waals surface area contributed by atoms with E-state index in [1.54, 1.807) is 16.5 Å². The Kier molecular flexibility index (Phi) is 4.08. The Labute approximate surface area is 148 Å². The number of fused-ring (bicyclic) bond motifs is 1. The van der Waals surface area contributed by atoms with Crippen molar-refractivity contribution in [2.45, 2.75) is 13.0 Å². The van der Waals surface area contributed by atoms with E-state index in [-0.39, 0.29) is 37.0 Å². The van der Waals surface area contributed by atoms with Crippen LogP contribution in [0.25, 0.3) is 5.65 Å². The predicted molar refractivity (Wildman–Crippen MR) is 91.7 cm³/mol. The molecule has 8 heteroatoms. The second kappa shape index (κ2) is 6.55. The minimum atomic E-state index is -0.527. The fourth-order valence-corrected chi connectivity index (χ4v) is 3.11. The van der Waals surface area contributed by atoms with Gasteiger partial charge in [-0.3, -0.25) is 14.0 Å². The third-order valence-corrected chi connectivity index (χ3v) is 4.44. The number of benzene rings is 1. The highest BCUT2D eigenvalue weighted by Gasteiger charge is 2.36. The molecule has 0 unspecified atom stereocenters. The zero-order valence-electron chi connectivity index (χ0n) is 13.8. The van der Waals surface area contributed by atoms with Crippen molar-refractivity contribution in [3.05, 3.63) is 60.3 Å². The summed E-state index contributed by atoms with van der Waals surface area (Å²) in [4.78, 5) is 26.0. The molecule has 3 aromatic rings. The number of aromatic nitrogens is 3. The summed E-state index contributed by atoms with van der Waals surface area (Å²) < 4.78 is 15.7. The highest BCUT2D eigenvalue weighted by atomic mass is 19.1. The van der Waals surface area contributed by atoms with Crippen molar-refractivity contribution in [3.8, 4) is 0 Å². The van der Waals surface area contributed by atoms with Crippen LogP contribution >= 0.6 is 0 Å². The van der Waals surface area contributed by atoms with Crippen LogP contribution in [-0.4, -0.2) is 33.0 Å². The van der Waals surface area contributed by atoms with Crippen LogP contribution in [0.5, 0.6) is 0 Å². The molecule has 1 aromatic carbocycles. The summed E-state index contributed by atoms with van der Waals surface area (Å²) >= 11 is 0. The number of anilines is 1. The predicted octanol–water partition coefficient (Wildman–Crippen LogP) is 1.54.